The minimum atomic E-state index is -0.390. The first-order chi connectivity index (χ1) is 7.56. The minimum absolute atomic E-state index is 0.0928. The van der Waals surface area contributed by atoms with E-state index < -0.39 is 0 Å². The first kappa shape index (κ1) is 14.6. The fourth-order valence-electron chi connectivity index (χ4n) is 0.973. The molecule has 0 fully saturated rings. The Morgan fingerprint density at radius 3 is 2.31 bits per heavy atom. The van der Waals surface area contributed by atoms with Crippen molar-refractivity contribution in [3.05, 3.63) is 12.2 Å². The summed E-state index contributed by atoms with van der Waals surface area (Å²) in [7, 11) is 0. The largest absolute Gasteiger partial charge is 0.466 e. The maximum absolute atomic E-state index is 10.5. The van der Waals surface area contributed by atoms with Gasteiger partial charge < -0.3 is 14.2 Å². The van der Waals surface area contributed by atoms with Gasteiger partial charge in [-0.2, -0.15) is 0 Å². The van der Waals surface area contributed by atoms with E-state index in [2.05, 4.69) is 4.74 Å². The highest BCUT2D eigenvalue weighted by Gasteiger charge is 2.06. The van der Waals surface area contributed by atoms with Crippen LogP contribution in [0.2, 0.25) is 0 Å². The minimum Gasteiger partial charge on any atom is -0.466 e. The zero-order chi connectivity index (χ0) is 12.4. The van der Waals surface area contributed by atoms with Gasteiger partial charge in [0.05, 0.1) is 12.7 Å². The SMILES string of the molecule is C/C=C/C(CCOC(C)=O)OCOC(C)=O. The maximum Gasteiger partial charge on any atom is 0.304 e. The molecule has 0 N–H and O–H groups in total. The molecule has 0 aromatic heterocycles. The number of ether oxygens (including phenoxy) is 3. The van der Waals surface area contributed by atoms with Crippen molar-refractivity contribution in [3.63, 3.8) is 0 Å². The Bertz CT molecular complexity index is 227. The molecule has 1 unspecified atom stereocenters. The highest BCUT2D eigenvalue weighted by molar-refractivity contribution is 5.66. The summed E-state index contributed by atoms with van der Waals surface area (Å²) in [6, 6.07) is 0. The normalized spacial score (nSPS) is 12.4. The van der Waals surface area contributed by atoms with Gasteiger partial charge in [-0.1, -0.05) is 12.2 Å². The van der Waals surface area contributed by atoms with Crippen LogP contribution in [-0.4, -0.2) is 31.4 Å². The molecular formula is C11H18O5. The topological polar surface area (TPSA) is 61.8 Å². The van der Waals surface area contributed by atoms with Crippen molar-refractivity contribution in [1.29, 1.82) is 0 Å². The number of carbonyl (C=O) groups excluding carboxylic acids is 2. The van der Waals surface area contributed by atoms with Gasteiger partial charge in [-0.3, -0.25) is 9.59 Å². The number of hydrogen-bond acceptors (Lipinski definition) is 5. The van der Waals surface area contributed by atoms with Gasteiger partial charge in [-0.15, -0.1) is 0 Å². The Labute approximate surface area is 95.4 Å². The van der Waals surface area contributed by atoms with Crippen LogP contribution in [0.4, 0.5) is 0 Å². The molecule has 0 radical (unpaired) electrons. The third kappa shape index (κ3) is 9.21. The molecule has 0 aromatic carbocycles. The quantitative estimate of drug-likeness (QED) is 0.376. The highest BCUT2D eigenvalue weighted by atomic mass is 16.7. The number of allylic oxidation sites excluding steroid dienone is 1. The summed E-state index contributed by atoms with van der Waals surface area (Å²) in [6.07, 6.45) is 3.95. The van der Waals surface area contributed by atoms with Gasteiger partial charge in [0.25, 0.3) is 0 Å². The zero-order valence-corrected chi connectivity index (χ0v) is 9.89. The van der Waals surface area contributed by atoms with Gasteiger partial charge in [-0.05, 0) is 6.92 Å². The van der Waals surface area contributed by atoms with Gasteiger partial charge in [0, 0.05) is 20.3 Å². The summed E-state index contributed by atoms with van der Waals surface area (Å²) in [4.78, 5) is 21.0. The van der Waals surface area contributed by atoms with Gasteiger partial charge >= 0.3 is 11.9 Å². The molecule has 16 heavy (non-hydrogen) atoms. The van der Waals surface area contributed by atoms with Gasteiger partial charge in [0.1, 0.15) is 0 Å². The van der Waals surface area contributed by atoms with Crippen molar-refractivity contribution in [2.45, 2.75) is 33.3 Å². The fraction of sp³-hybridized carbons (Fsp3) is 0.636. The molecular weight excluding hydrogens is 212 g/mol. The predicted octanol–water partition coefficient (Wildman–Crippen LogP) is 1.42. The predicted molar refractivity (Wildman–Crippen MR) is 57.6 cm³/mol. The standard InChI is InChI=1S/C11H18O5/c1-4-5-11(6-7-14-9(2)12)16-8-15-10(3)13/h4-5,11H,6-8H2,1-3H3/b5-4+. The molecule has 0 saturated heterocycles. The molecule has 92 valence electrons. The first-order valence-electron chi connectivity index (χ1n) is 5.07. The summed E-state index contributed by atoms with van der Waals surface area (Å²) in [5.74, 6) is -0.710. The smallest absolute Gasteiger partial charge is 0.304 e. The van der Waals surface area contributed by atoms with Crippen molar-refractivity contribution in [3.8, 4) is 0 Å². The molecule has 0 aliphatic rings. The van der Waals surface area contributed by atoms with E-state index in [0.29, 0.717) is 6.42 Å². The van der Waals surface area contributed by atoms with Gasteiger partial charge in [0.15, 0.2) is 6.79 Å². The molecule has 0 aliphatic heterocycles. The Balaban J connectivity index is 3.78. The van der Waals surface area contributed by atoms with Crippen LogP contribution in [0, 0.1) is 0 Å². The van der Waals surface area contributed by atoms with Crippen LogP contribution in [-0.2, 0) is 23.8 Å². The van der Waals surface area contributed by atoms with Crippen LogP contribution in [0.25, 0.3) is 0 Å². The van der Waals surface area contributed by atoms with E-state index in [4.69, 9.17) is 9.47 Å². The summed E-state index contributed by atoms with van der Waals surface area (Å²) < 4.78 is 14.7. The Kier molecular flexibility index (Phi) is 8.15. The van der Waals surface area contributed by atoms with Crippen molar-refractivity contribution in [1.82, 2.24) is 0 Å². The lowest BCUT2D eigenvalue weighted by atomic mass is 10.2. The molecule has 0 rings (SSSR count). The van der Waals surface area contributed by atoms with Crippen molar-refractivity contribution in [2.75, 3.05) is 13.4 Å². The molecule has 0 spiro atoms. The van der Waals surface area contributed by atoms with E-state index in [9.17, 15) is 9.59 Å². The number of carbonyl (C=O) groups is 2. The van der Waals surface area contributed by atoms with Crippen LogP contribution < -0.4 is 0 Å². The second-order valence-corrected chi connectivity index (χ2v) is 3.11. The molecule has 0 heterocycles. The number of esters is 2. The molecule has 0 bridgehead atoms. The van der Waals surface area contributed by atoms with Crippen molar-refractivity contribution < 1.29 is 23.8 Å². The van der Waals surface area contributed by atoms with Crippen LogP contribution in [0.5, 0.6) is 0 Å². The van der Waals surface area contributed by atoms with Crippen LogP contribution in [0.15, 0.2) is 12.2 Å². The average Bonchev–Trinajstić information content (AvgIpc) is 2.16. The van der Waals surface area contributed by atoms with Gasteiger partial charge in [0.2, 0.25) is 0 Å². The Hall–Kier alpha value is -1.36. The third-order valence-corrected chi connectivity index (χ3v) is 1.66. The Morgan fingerprint density at radius 2 is 1.81 bits per heavy atom. The molecule has 0 aliphatic carbocycles. The number of hydrogen-bond donors (Lipinski definition) is 0. The summed E-state index contributed by atoms with van der Waals surface area (Å²) in [6.45, 7) is 4.71. The van der Waals surface area contributed by atoms with Crippen molar-refractivity contribution >= 4 is 11.9 Å². The average molecular weight is 230 g/mol. The van der Waals surface area contributed by atoms with Crippen LogP contribution in [0.3, 0.4) is 0 Å². The monoisotopic (exact) mass is 230 g/mol. The lowest BCUT2D eigenvalue weighted by molar-refractivity contribution is -0.157. The molecule has 1 atom stereocenters. The molecule has 0 amide bonds. The maximum atomic E-state index is 10.5. The van der Waals surface area contributed by atoms with E-state index in [1.165, 1.54) is 13.8 Å². The van der Waals surface area contributed by atoms with Gasteiger partial charge in [-0.25, -0.2) is 0 Å². The summed E-state index contributed by atoms with van der Waals surface area (Å²) in [5.41, 5.74) is 0. The lowest BCUT2D eigenvalue weighted by Gasteiger charge is -2.13. The number of rotatable bonds is 7. The van der Waals surface area contributed by atoms with E-state index in [0.717, 1.165) is 0 Å². The third-order valence-electron chi connectivity index (χ3n) is 1.66. The molecule has 0 saturated carbocycles. The van der Waals surface area contributed by atoms with E-state index in [-0.39, 0.29) is 31.4 Å². The van der Waals surface area contributed by atoms with E-state index in [1.54, 1.807) is 0 Å². The zero-order valence-electron chi connectivity index (χ0n) is 9.89. The highest BCUT2D eigenvalue weighted by Crippen LogP contribution is 2.02. The lowest BCUT2D eigenvalue weighted by Crippen LogP contribution is -2.17. The fourth-order valence-corrected chi connectivity index (χ4v) is 0.973. The Morgan fingerprint density at radius 1 is 1.19 bits per heavy atom. The first-order valence-corrected chi connectivity index (χ1v) is 5.07. The van der Waals surface area contributed by atoms with Crippen LogP contribution in [0.1, 0.15) is 27.2 Å². The second-order valence-electron chi connectivity index (χ2n) is 3.11. The second kappa shape index (κ2) is 8.91. The molecule has 5 nitrogen and oxygen atoms in total. The summed E-state index contributed by atoms with van der Waals surface area (Å²) in [5, 5.41) is 0. The molecule has 0 aromatic rings. The van der Waals surface area contributed by atoms with E-state index in [1.807, 2.05) is 19.1 Å². The molecule has 5 heteroatoms. The van der Waals surface area contributed by atoms with E-state index >= 15 is 0 Å². The van der Waals surface area contributed by atoms with Crippen molar-refractivity contribution in [2.24, 2.45) is 0 Å². The van der Waals surface area contributed by atoms with Crippen LogP contribution >= 0.6 is 0 Å². The summed E-state index contributed by atoms with van der Waals surface area (Å²) >= 11 is 0.